The number of aliphatic hydroxyl groups is 1. The SMILES string of the molecule is CC(C)N1NN(C(C)C)c2c(NCc3ccccc3N)nc(N3CCC[C@@H]3CO)nc21. The van der Waals surface area contributed by atoms with Crippen LogP contribution in [-0.2, 0) is 6.54 Å². The Kier molecular flexibility index (Phi) is 6.06. The molecule has 9 nitrogen and oxygen atoms in total. The molecule has 0 aliphatic carbocycles. The molecule has 1 aromatic heterocycles. The number of hydrazine groups is 2. The third-order valence-corrected chi connectivity index (χ3v) is 5.92. The standard InChI is InChI=1S/C22H34N8O/c1-14(2)29-19-20(24-12-16-8-5-6-10-18(16)23)25-22(28-11-7-9-17(28)13-31)26-21(19)30(27-29)15(3)4/h5-6,8,10,14-15,17,27,31H,7,9,11-13,23H2,1-4H3,(H,24,25,26)/t17-/m1/s1. The topological polar surface area (TPSA) is 106 Å². The van der Waals surface area contributed by atoms with Gasteiger partial charge in [0.05, 0.1) is 12.6 Å². The molecule has 168 valence electrons. The van der Waals surface area contributed by atoms with Crippen LogP contribution in [0.4, 0.5) is 29.0 Å². The summed E-state index contributed by atoms with van der Waals surface area (Å²) in [5.41, 5.74) is 12.3. The van der Waals surface area contributed by atoms with E-state index in [1.165, 1.54) is 0 Å². The van der Waals surface area contributed by atoms with E-state index in [0.717, 1.165) is 48.0 Å². The zero-order chi connectivity index (χ0) is 22.1. The highest BCUT2D eigenvalue weighted by atomic mass is 16.3. The van der Waals surface area contributed by atoms with E-state index in [0.29, 0.717) is 12.5 Å². The van der Waals surface area contributed by atoms with Crippen molar-refractivity contribution in [2.75, 3.05) is 39.1 Å². The summed E-state index contributed by atoms with van der Waals surface area (Å²) in [5, 5.41) is 17.5. The Bertz CT molecular complexity index is 918. The van der Waals surface area contributed by atoms with Gasteiger partial charge in [0.2, 0.25) is 5.95 Å². The molecule has 0 saturated carbocycles. The molecule has 5 N–H and O–H groups in total. The molecular formula is C22H34N8O. The van der Waals surface area contributed by atoms with Gasteiger partial charge in [0.1, 0.15) is 5.69 Å². The van der Waals surface area contributed by atoms with E-state index in [2.05, 4.69) is 53.5 Å². The maximum Gasteiger partial charge on any atom is 0.229 e. The number of hydrogen-bond acceptors (Lipinski definition) is 9. The summed E-state index contributed by atoms with van der Waals surface area (Å²) in [6.07, 6.45) is 1.98. The number of anilines is 5. The molecule has 9 heteroatoms. The molecule has 0 bridgehead atoms. The monoisotopic (exact) mass is 426 g/mol. The Labute approximate surface area is 184 Å². The van der Waals surface area contributed by atoms with Gasteiger partial charge in [0, 0.05) is 30.9 Å². The van der Waals surface area contributed by atoms with Gasteiger partial charge >= 0.3 is 0 Å². The molecule has 4 rings (SSSR count). The number of hydrogen-bond donors (Lipinski definition) is 4. The zero-order valence-corrected chi connectivity index (χ0v) is 18.8. The van der Waals surface area contributed by atoms with Gasteiger partial charge in [0.15, 0.2) is 11.6 Å². The predicted molar refractivity (Wildman–Crippen MR) is 126 cm³/mol. The summed E-state index contributed by atoms with van der Waals surface area (Å²) in [6.45, 7) is 10.0. The maximum absolute atomic E-state index is 9.84. The van der Waals surface area contributed by atoms with Gasteiger partial charge in [-0.1, -0.05) is 18.2 Å². The molecule has 1 aromatic carbocycles. The number of aromatic nitrogens is 2. The number of fused-ring (bicyclic) bond motifs is 1. The first-order chi connectivity index (χ1) is 14.9. The van der Waals surface area contributed by atoms with Gasteiger partial charge in [-0.05, 0) is 52.2 Å². The molecule has 2 aromatic rings. The lowest BCUT2D eigenvalue weighted by Gasteiger charge is -2.27. The van der Waals surface area contributed by atoms with E-state index in [9.17, 15) is 5.11 Å². The van der Waals surface area contributed by atoms with E-state index in [1.807, 2.05) is 24.3 Å². The van der Waals surface area contributed by atoms with Crippen LogP contribution in [0.15, 0.2) is 24.3 Å². The Morgan fingerprint density at radius 2 is 1.90 bits per heavy atom. The second-order valence-corrected chi connectivity index (χ2v) is 8.80. The quantitative estimate of drug-likeness (QED) is 0.497. The molecule has 0 radical (unpaired) electrons. The summed E-state index contributed by atoms with van der Waals surface area (Å²) in [7, 11) is 0. The van der Waals surface area contributed by atoms with Crippen LogP contribution in [0.2, 0.25) is 0 Å². The van der Waals surface area contributed by atoms with Gasteiger partial charge in [0.25, 0.3) is 0 Å². The molecule has 1 saturated heterocycles. The lowest BCUT2D eigenvalue weighted by Crippen LogP contribution is -2.50. The average Bonchev–Trinajstić information content (AvgIpc) is 3.37. The van der Waals surface area contributed by atoms with Gasteiger partial charge in [-0.15, -0.1) is 5.53 Å². The molecule has 1 atom stereocenters. The number of rotatable bonds is 7. The minimum Gasteiger partial charge on any atom is -0.398 e. The third-order valence-electron chi connectivity index (χ3n) is 5.92. The number of benzene rings is 1. The predicted octanol–water partition coefficient (Wildman–Crippen LogP) is 2.49. The molecular weight excluding hydrogens is 392 g/mol. The van der Waals surface area contributed by atoms with Gasteiger partial charge in [-0.3, -0.25) is 10.0 Å². The van der Waals surface area contributed by atoms with Crippen LogP contribution < -0.4 is 31.5 Å². The zero-order valence-electron chi connectivity index (χ0n) is 18.8. The van der Waals surface area contributed by atoms with Gasteiger partial charge < -0.3 is 21.1 Å². The Hall–Kier alpha value is -2.78. The van der Waals surface area contributed by atoms with Crippen LogP contribution in [0.25, 0.3) is 0 Å². The number of aliphatic hydroxyl groups excluding tert-OH is 1. The Morgan fingerprint density at radius 1 is 1.16 bits per heavy atom. The van der Waals surface area contributed by atoms with E-state index >= 15 is 0 Å². The Morgan fingerprint density at radius 3 is 2.58 bits per heavy atom. The van der Waals surface area contributed by atoms with Crippen LogP contribution in [-0.4, -0.2) is 46.4 Å². The van der Waals surface area contributed by atoms with E-state index in [1.54, 1.807) is 0 Å². The number of nitrogens with zero attached hydrogens (tertiary/aromatic N) is 5. The van der Waals surface area contributed by atoms with Crippen molar-refractivity contribution in [3.05, 3.63) is 29.8 Å². The van der Waals surface area contributed by atoms with Crippen LogP contribution in [0, 0.1) is 0 Å². The smallest absolute Gasteiger partial charge is 0.229 e. The molecule has 2 aliphatic rings. The number of nitrogens with two attached hydrogens (primary N) is 1. The second kappa shape index (κ2) is 8.76. The molecule has 2 aliphatic heterocycles. The van der Waals surface area contributed by atoms with Crippen molar-refractivity contribution in [1.82, 2.24) is 15.5 Å². The van der Waals surface area contributed by atoms with Crippen LogP contribution in [0.3, 0.4) is 0 Å². The Balaban J connectivity index is 1.77. The fourth-order valence-corrected chi connectivity index (χ4v) is 4.18. The van der Waals surface area contributed by atoms with Crippen molar-refractivity contribution in [1.29, 1.82) is 0 Å². The first kappa shape index (κ1) is 21.5. The first-order valence-electron chi connectivity index (χ1n) is 11.1. The summed E-state index contributed by atoms with van der Waals surface area (Å²) < 4.78 is 0. The minimum atomic E-state index is 0.0544. The largest absolute Gasteiger partial charge is 0.398 e. The normalized spacial score (nSPS) is 18.4. The number of para-hydroxylation sites is 1. The number of nitrogens with one attached hydrogen (secondary N) is 2. The van der Waals surface area contributed by atoms with Crippen LogP contribution in [0.1, 0.15) is 46.1 Å². The number of nitrogen functional groups attached to an aromatic ring is 1. The molecule has 3 heterocycles. The van der Waals surface area contributed by atoms with Crippen molar-refractivity contribution >= 4 is 29.0 Å². The lowest BCUT2D eigenvalue weighted by atomic mass is 10.2. The fraction of sp³-hybridized carbons (Fsp3) is 0.545. The van der Waals surface area contributed by atoms with Crippen molar-refractivity contribution in [3.63, 3.8) is 0 Å². The minimum absolute atomic E-state index is 0.0544. The summed E-state index contributed by atoms with van der Waals surface area (Å²) in [6, 6.07) is 8.32. The highest BCUT2D eigenvalue weighted by Gasteiger charge is 2.36. The van der Waals surface area contributed by atoms with Gasteiger partial charge in [-0.25, -0.2) is 0 Å². The van der Waals surface area contributed by atoms with Gasteiger partial charge in [-0.2, -0.15) is 9.97 Å². The van der Waals surface area contributed by atoms with Crippen molar-refractivity contribution in [2.24, 2.45) is 0 Å². The summed E-state index contributed by atoms with van der Waals surface area (Å²) in [5.74, 6) is 2.26. The van der Waals surface area contributed by atoms with Crippen molar-refractivity contribution < 1.29 is 5.11 Å². The first-order valence-corrected chi connectivity index (χ1v) is 11.1. The van der Waals surface area contributed by atoms with Crippen molar-refractivity contribution in [3.8, 4) is 0 Å². The molecule has 0 spiro atoms. The second-order valence-electron chi connectivity index (χ2n) is 8.80. The highest BCUT2D eigenvalue weighted by Crippen LogP contribution is 2.41. The van der Waals surface area contributed by atoms with E-state index in [4.69, 9.17) is 15.7 Å². The van der Waals surface area contributed by atoms with Crippen molar-refractivity contribution in [2.45, 2.75) is 65.2 Å². The summed E-state index contributed by atoms with van der Waals surface area (Å²) in [4.78, 5) is 12.0. The maximum atomic E-state index is 9.84. The summed E-state index contributed by atoms with van der Waals surface area (Å²) >= 11 is 0. The highest BCUT2D eigenvalue weighted by molar-refractivity contribution is 5.83. The molecule has 0 unspecified atom stereocenters. The van der Waals surface area contributed by atoms with E-state index < -0.39 is 0 Å². The van der Waals surface area contributed by atoms with Crippen LogP contribution >= 0.6 is 0 Å². The fourth-order valence-electron chi connectivity index (χ4n) is 4.18. The molecule has 0 amide bonds. The van der Waals surface area contributed by atoms with E-state index in [-0.39, 0.29) is 24.7 Å². The van der Waals surface area contributed by atoms with Crippen LogP contribution in [0.5, 0.6) is 0 Å². The third kappa shape index (κ3) is 4.07. The lowest BCUT2D eigenvalue weighted by molar-refractivity contribution is 0.265. The molecule has 31 heavy (non-hydrogen) atoms. The average molecular weight is 427 g/mol. The molecule has 1 fully saturated rings.